The minimum Gasteiger partial charge on any atom is -0.493 e. The van der Waals surface area contributed by atoms with Gasteiger partial charge in [0.1, 0.15) is 11.9 Å². The number of aliphatic hydroxyl groups excluding tert-OH is 3. The van der Waals surface area contributed by atoms with Crippen molar-refractivity contribution in [3.63, 3.8) is 0 Å². The molecular formula is C19H24O6. The topological polar surface area (TPSA) is 88.4 Å². The lowest BCUT2D eigenvalue weighted by molar-refractivity contribution is 0.000634. The fourth-order valence-electron chi connectivity index (χ4n) is 2.45. The van der Waals surface area contributed by atoms with E-state index in [1.54, 1.807) is 49.4 Å². The second-order valence-corrected chi connectivity index (χ2v) is 5.64. The Hall–Kier alpha value is -2.28. The lowest BCUT2D eigenvalue weighted by Gasteiger charge is -2.23. The molecule has 2 aromatic rings. The van der Waals surface area contributed by atoms with Crippen LogP contribution in [-0.4, -0.2) is 42.3 Å². The molecule has 0 aliphatic carbocycles. The molecule has 0 radical (unpaired) electrons. The number of aliphatic hydroxyl groups is 3. The molecule has 0 amide bonds. The molecule has 0 fully saturated rings. The first-order valence-electron chi connectivity index (χ1n) is 7.95. The first-order valence-corrected chi connectivity index (χ1v) is 7.95. The molecule has 136 valence electrons. The van der Waals surface area contributed by atoms with Crippen molar-refractivity contribution in [2.75, 3.05) is 20.8 Å². The molecule has 0 heterocycles. The van der Waals surface area contributed by atoms with Gasteiger partial charge in [-0.25, -0.2) is 0 Å². The van der Waals surface area contributed by atoms with Gasteiger partial charge in [-0.2, -0.15) is 0 Å². The van der Waals surface area contributed by atoms with E-state index in [1.165, 1.54) is 14.2 Å². The molecule has 0 aliphatic rings. The molecule has 3 atom stereocenters. The van der Waals surface area contributed by atoms with Crippen LogP contribution in [0.5, 0.6) is 17.2 Å². The lowest BCUT2D eigenvalue weighted by atomic mass is 10.0. The fraction of sp³-hybridized carbons (Fsp3) is 0.368. The van der Waals surface area contributed by atoms with Crippen LogP contribution in [0.2, 0.25) is 0 Å². The average Bonchev–Trinajstić information content (AvgIpc) is 2.65. The van der Waals surface area contributed by atoms with Crippen LogP contribution in [0, 0.1) is 0 Å². The highest BCUT2D eigenvalue weighted by atomic mass is 16.5. The second kappa shape index (κ2) is 8.71. The van der Waals surface area contributed by atoms with Crippen LogP contribution in [-0.2, 0) is 0 Å². The number of hydrogen-bond acceptors (Lipinski definition) is 6. The molecule has 25 heavy (non-hydrogen) atoms. The van der Waals surface area contributed by atoms with Gasteiger partial charge in [-0.05, 0) is 42.3 Å². The number of benzene rings is 2. The summed E-state index contributed by atoms with van der Waals surface area (Å²) in [5, 5.41) is 29.7. The van der Waals surface area contributed by atoms with Crippen LogP contribution in [0.25, 0.3) is 0 Å². The quantitative estimate of drug-likeness (QED) is 0.678. The summed E-state index contributed by atoms with van der Waals surface area (Å²) >= 11 is 0. The van der Waals surface area contributed by atoms with E-state index >= 15 is 0 Å². The van der Waals surface area contributed by atoms with Crippen LogP contribution >= 0.6 is 0 Å². The minimum absolute atomic E-state index is 0.367. The molecule has 2 rings (SSSR count). The van der Waals surface area contributed by atoms with Crippen molar-refractivity contribution in [3.8, 4) is 17.2 Å². The minimum atomic E-state index is -1.05. The molecule has 0 bridgehead atoms. The predicted octanol–water partition coefficient (Wildman–Crippen LogP) is 2.23. The number of methoxy groups -OCH3 is 2. The summed E-state index contributed by atoms with van der Waals surface area (Å²) in [5.74, 6) is 1.52. The van der Waals surface area contributed by atoms with Gasteiger partial charge in [-0.15, -0.1) is 0 Å². The van der Waals surface area contributed by atoms with E-state index in [0.29, 0.717) is 22.8 Å². The third kappa shape index (κ3) is 4.63. The standard InChI is InChI=1S/C19H24O6/c1-12(21)13-4-7-15(8-5-13)25-18(11-20)19(22)14-6-9-16(23-2)17(10-14)24-3/h4-10,12,18-22H,11H2,1-3H3/t12?,18-,19-/m1/s1. The van der Waals surface area contributed by atoms with E-state index in [4.69, 9.17) is 14.2 Å². The van der Waals surface area contributed by atoms with Gasteiger partial charge < -0.3 is 29.5 Å². The maximum atomic E-state index is 10.5. The average molecular weight is 348 g/mol. The van der Waals surface area contributed by atoms with Gasteiger partial charge in [0.2, 0.25) is 0 Å². The number of ether oxygens (including phenoxy) is 3. The zero-order valence-corrected chi connectivity index (χ0v) is 14.5. The highest BCUT2D eigenvalue weighted by Crippen LogP contribution is 2.32. The van der Waals surface area contributed by atoms with Gasteiger partial charge in [-0.1, -0.05) is 18.2 Å². The zero-order chi connectivity index (χ0) is 18.4. The monoisotopic (exact) mass is 348 g/mol. The predicted molar refractivity (Wildman–Crippen MR) is 93.1 cm³/mol. The maximum absolute atomic E-state index is 10.5. The van der Waals surface area contributed by atoms with Crippen LogP contribution in [0.15, 0.2) is 42.5 Å². The first-order chi connectivity index (χ1) is 12.0. The molecule has 6 nitrogen and oxygen atoms in total. The Morgan fingerprint density at radius 1 is 0.880 bits per heavy atom. The van der Waals surface area contributed by atoms with Gasteiger partial charge in [0.05, 0.1) is 26.9 Å². The van der Waals surface area contributed by atoms with Crippen molar-refractivity contribution in [1.29, 1.82) is 0 Å². The SMILES string of the molecule is COc1ccc([C@@H](O)[C@@H](CO)Oc2ccc(C(C)O)cc2)cc1OC. The van der Waals surface area contributed by atoms with E-state index < -0.39 is 18.3 Å². The normalized spacial score (nSPS) is 14.5. The van der Waals surface area contributed by atoms with Gasteiger partial charge in [-0.3, -0.25) is 0 Å². The molecule has 0 saturated heterocycles. The third-order valence-corrected chi connectivity index (χ3v) is 3.93. The summed E-state index contributed by atoms with van der Waals surface area (Å²) in [6.07, 6.45) is -2.48. The van der Waals surface area contributed by atoms with E-state index in [1.807, 2.05) is 0 Å². The molecule has 1 unspecified atom stereocenters. The summed E-state index contributed by atoms with van der Waals surface area (Å²) < 4.78 is 16.1. The molecule has 2 aromatic carbocycles. The van der Waals surface area contributed by atoms with Crippen molar-refractivity contribution in [1.82, 2.24) is 0 Å². The highest BCUT2D eigenvalue weighted by Gasteiger charge is 2.23. The molecule has 3 N–H and O–H groups in total. The second-order valence-electron chi connectivity index (χ2n) is 5.64. The van der Waals surface area contributed by atoms with Crippen LogP contribution in [0.4, 0.5) is 0 Å². The molecule has 0 aromatic heterocycles. The Morgan fingerprint density at radius 3 is 2.00 bits per heavy atom. The van der Waals surface area contributed by atoms with E-state index in [2.05, 4.69) is 0 Å². The van der Waals surface area contributed by atoms with Crippen LogP contribution < -0.4 is 14.2 Å². The first kappa shape index (κ1) is 19.1. The number of rotatable bonds is 8. The van der Waals surface area contributed by atoms with Gasteiger partial charge >= 0.3 is 0 Å². The smallest absolute Gasteiger partial charge is 0.161 e. The van der Waals surface area contributed by atoms with Crippen molar-refractivity contribution < 1.29 is 29.5 Å². The van der Waals surface area contributed by atoms with Crippen molar-refractivity contribution in [2.24, 2.45) is 0 Å². The van der Waals surface area contributed by atoms with Crippen LogP contribution in [0.3, 0.4) is 0 Å². The Morgan fingerprint density at radius 2 is 1.48 bits per heavy atom. The molecule has 0 spiro atoms. The lowest BCUT2D eigenvalue weighted by Crippen LogP contribution is -2.29. The van der Waals surface area contributed by atoms with Gasteiger partial charge in [0.25, 0.3) is 0 Å². The Kier molecular flexibility index (Phi) is 6.64. The van der Waals surface area contributed by atoms with E-state index in [9.17, 15) is 15.3 Å². The Bertz CT molecular complexity index is 668. The van der Waals surface area contributed by atoms with Gasteiger partial charge in [0.15, 0.2) is 17.6 Å². The van der Waals surface area contributed by atoms with E-state index in [0.717, 1.165) is 5.56 Å². The summed E-state index contributed by atoms with van der Waals surface area (Å²) in [5.41, 5.74) is 1.30. The summed E-state index contributed by atoms with van der Waals surface area (Å²) in [6, 6.07) is 11.9. The Balaban J connectivity index is 2.16. The van der Waals surface area contributed by atoms with Gasteiger partial charge in [0, 0.05) is 0 Å². The number of hydrogen-bond donors (Lipinski definition) is 3. The van der Waals surface area contributed by atoms with Crippen molar-refractivity contribution in [3.05, 3.63) is 53.6 Å². The fourth-order valence-corrected chi connectivity index (χ4v) is 2.45. The molecule has 0 saturated carbocycles. The molecular weight excluding hydrogens is 324 g/mol. The summed E-state index contributed by atoms with van der Waals surface area (Å²) in [7, 11) is 3.04. The summed E-state index contributed by atoms with van der Waals surface area (Å²) in [4.78, 5) is 0. The third-order valence-electron chi connectivity index (χ3n) is 3.93. The Labute approximate surface area is 147 Å². The van der Waals surface area contributed by atoms with Crippen molar-refractivity contribution >= 4 is 0 Å². The van der Waals surface area contributed by atoms with Crippen molar-refractivity contribution in [2.45, 2.75) is 25.2 Å². The molecule has 0 aliphatic heterocycles. The molecule has 6 heteroatoms. The van der Waals surface area contributed by atoms with E-state index in [-0.39, 0.29) is 6.61 Å². The maximum Gasteiger partial charge on any atom is 0.161 e. The largest absolute Gasteiger partial charge is 0.493 e. The summed E-state index contributed by atoms with van der Waals surface area (Å²) in [6.45, 7) is 1.31. The zero-order valence-electron chi connectivity index (χ0n) is 14.5. The van der Waals surface area contributed by atoms with Crippen LogP contribution in [0.1, 0.15) is 30.3 Å². The highest BCUT2D eigenvalue weighted by molar-refractivity contribution is 5.43.